The van der Waals surface area contributed by atoms with Gasteiger partial charge in [0.25, 0.3) is 0 Å². The third-order valence-electron chi connectivity index (χ3n) is 3.64. The molecule has 2 aromatic carbocycles. The number of carbonyl (C=O) groups excluding carboxylic acids is 1. The summed E-state index contributed by atoms with van der Waals surface area (Å²) >= 11 is 0. The van der Waals surface area contributed by atoms with Crippen LogP contribution < -0.4 is 14.8 Å². The maximum absolute atomic E-state index is 12.4. The van der Waals surface area contributed by atoms with E-state index in [1.807, 2.05) is 30.3 Å². The zero-order chi connectivity index (χ0) is 18.3. The summed E-state index contributed by atoms with van der Waals surface area (Å²) in [7, 11) is -0.681. The predicted molar refractivity (Wildman–Crippen MR) is 94.5 cm³/mol. The highest BCUT2D eigenvalue weighted by molar-refractivity contribution is 7.91. The van der Waals surface area contributed by atoms with Crippen LogP contribution in [0.1, 0.15) is 12.0 Å². The molecule has 0 aliphatic rings. The molecule has 6 nitrogen and oxygen atoms in total. The smallest absolute Gasteiger partial charge is 0.221 e. The highest BCUT2D eigenvalue weighted by Gasteiger charge is 2.18. The van der Waals surface area contributed by atoms with Gasteiger partial charge in [0, 0.05) is 19.0 Å². The van der Waals surface area contributed by atoms with Gasteiger partial charge in [-0.2, -0.15) is 0 Å². The van der Waals surface area contributed by atoms with E-state index in [0.717, 1.165) is 5.56 Å². The first kappa shape index (κ1) is 18.8. The van der Waals surface area contributed by atoms with Gasteiger partial charge in [0.1, 0.15) is 0 Å². The summed E-state index contributed by atoms with van der Waals surface area (Å²) in [6.07, 6.45) is -0.108. The molecule has 0 atom stereocenters. The lowest BCUT2D eigenvalue weighted by molar-refractivity contribution is -0.120. The van der Waals surface area contributed by atoms with Gasteiger partial charge in [-0.25, -0.2) is 8.42 Å². The molecule has 25 heavy (non-hydrogen) atoms. The van der Waals surface area contributed by atoms with Crippen LogP contribution in [-0.4, -0.2) is 34.3 Å². The first-order valence-electron chi connectivity index (χ1n) is 7.71. The lowest BCUT2D eigenvalue weighted by Gasteiger charge is -2.10. The van der Waals surface area contributed by atoms with Gasteiger partial charge >= 0.3 is 0 Å². The van der Waals surface area contributed by atoms with E-state index in [4.69, 9.17) is 9.47 Å². The Morgan fingerprint density at radius 3 is 2.32 bits per heavy atom. The molecule has 134 valence electrons. The number of carbonyl (C=O) groups is 1. The molecular weight excluding hydrogens is 342 g/mol. The summed E-state index contributed by atoms with van der Waals surface area (Å²) in [5, 5.41) is 2.72. The van der Waals surface area contributed by atoms with Crippen molar-refractivity contribution in [3.63, 3.8) is 0 Å². The lowest BCUT2D eigenvalue weighted by Crippen LogP contribution is -2.25. The SMILES string of the molecule is COc1ccc(S(=O)(=O)CCC(=O)NCc2ccccc2)cc1OC. The van der Waals surface area contributed by atoms with Crippen molar-refractivity contribution < 1.29 is 22.7 Å². The molecular formula is C18H21NO5S. The van der Waals surface area contributed by atoms with Crippen LogP contribution in [0.4, 0.5) is 0 Å². The predicted octanol–water partition coefficient (Wildman–Crippen LogP) is 2.18. The van der Waals surface area contributed by atoms with Gasteiger partial charge in [-0.1, -0.05) is 30.3 Å². The minimum absolute atomic E-state index is 0.0982. The summed E-state index contributed by atoms with van der Waals surface area (Å²) in [4.78, 5) is 12.0. The summed E-state index contributed by atoms with van der Waals surface area (Å²) in [6.45, 7) is 0.371. The maximum Gasteiger partial charge on any atom is 0.221 e. The molecule has 1 amide bonds. The molecule has 0 saturated carbocycles. The second kappa shape index (κ2) is 8.53. The normalized spacial score (nSPS) is 11.0. The number of benzene rings is 2. The number of ether oxygens (including phenoxy) is 2. The van der Waals surface area contributed by atoms with Crippen molar-refractivity contribution in [1.29, 1.82) is 0 Å². The van der Waals surface area contributed by atoms with Gasteiger partial charge in [0.15, 0.2) is 21.3 Å². The molecule has 0 aliphatic carbocycles. The topological polar surface area (TPSA) is 81.7 Å². The monoisotopic (exact) mass is 363 g/mol. The summed E-state index contributed by atoms with van der Waals surface area (Å²) in [5.74, 6) is 0.190. The number of amides is 1. The summed E-state index contributed by atoms with van der Waals surface area (Å²) in [5.41, 5.74) is 0.957. The van der Waals surface area contributed by atoms with Crippen molar-refractivity contribution in [1.82, 2.24) is 5.32 Å². The van der Waals surface area contributed by atoms with Gasteiger partial charge in [-0.05, 0) is 17.7 Å². The van der Waals surface area contributed by atoms with Crippen molar-refractivity contribution >= 4 is 15.7 Å². The highest BCUT2D eigenvalue weighted by atomic mass is 32.2. The fourth-order valence-electron chi connectivity index (χ4n) is 2.24. The minimum Gasteiger partial charge on any atom is -0.493 e. The van der Waals surface area contributed by atoms with Crippen LogP contribution in [0, 0.1) is 0 Å². The molecule has 0 heterocycles. The zero-order valence-corrected chi connectivity index (χ0v) is 15.0. The van der Waals surface area contributed by atoms with Crippen molar-refractivity contribution in [2.75, 3.05) is 20.0 Å². The van der Waals surface area contributed by atoms with Crippen LogP contribution in [0.25, 0.3) is 0 Å². The first-order valence-corrected chi connectivity index (χ1v) is 9.37. The molecule has 7 heteroatoms. The van der Waals surface area contributed by atoms with Crippen molar-refractivity contribution in [2.45, 2.75) is 17.9 Å². The number of sulfone groups is 1. The summed E-state index contributed by atoms with van der Waals surface area (Å²) < 4.78 is 35.0. The highest BCUT2D eigenvalue weighted by Crippen LogP contribution is 2.29. The van der Waals surface area contributed by atoms with E-state index in [0.29, 0.717) is 18.0 Å². The summed E-state index contributed by atoms with van der Waals surface area (Å²) in [6, 6.07) is 13.8. The van der Waals surface area contributed by atoms with Crippen LogP contribution in [0.3, 0.4) is 0 Å². The Morgan fingerprint density at radius 1 is 1.00 bits per heavy atom. The number of methoxy groups -OCH3 is 2. The third-order valence-corrected chi connectivity index (χ3v) is 5.36. The second-order valence-electron chi connectivity index (χ2n) is 5.35. The Kier molecular flexibility index (Phi) is 6.41. The molecule has 0 aliphatic heterocycles. The molecule has 1 N–H and O–H groups in total. The number of nitrogens with one attached hydrogen (secondary N) is 1. The van der Waals surface area contributed by atoms with Crippen molar-refractivity contribution in [3.05, 3.63) is 54.1 Å². The zero-order valence-electron chi connectivity index (χ0n) is 14.2. The van der Waals surface area contributed by atoms with Gasteiger partial charge in [0.2, 0.25) is 5.91 Å². The molecule has 0 spiro atoms. The minimum atomic E-state index is -3.59. The van der Waals surface area contributed by atoms with E-state index < -0.39 is 9.84 Å². The Morgan fingerprint density at radius 2 is 1.68 bits per heavy atom. The van der Waals surface area contributed by atoms with Crippen LogP contribution in [0.5, 0.6) is 11.5 Å². The molecule has 0 bridgehead atoms. The average Bonchev–Trinajstić information content (AvgIpc) is 2.65. The van der Waals surface area contributed by atoms with Crippen LogP contribution >= 0.6 is 0 Å². The van der Waals surface area contributed by atoms with Crippen LogP contribution in [0.2, 0.25) is 0 Å². The molecule has 0 aromatic heterocycles. The van der Waals surface area contributed by atoms with Crippen molar-refractivity contribution in [3.8, 4) is 11.5 Å². The lowest BCUT2D eigenvalue weighted by atomic mass is 10.2. The Bertz CT molecular complexity index is 819. The van der Waals surface area contributed by atoms with Crippen LogP contribution in [-0.2, 0) is 21.2 Å². The molecule has 2 aromatic rings. The average molecular weight is 363 g/mol. The number of hydrogen-bond acceptors (Lipinski definition) is 5. The van der Waals surface area contributed by atoms with E-state index >= 15 is 0 Å². The molecule has 0 unspecified atom stereocenters. The third kappa shape index (κ3) is 5.22. The van der Waals surface area contributed by atoms with Gasteiger partial charge in [-0.3, -0.25) is 4.79 Å². The largest absolute Gasteiger partial charge is 0.493 e. The van der Waals surface area contributed by atoms with Gasteiger partial charge in [0.05, 0.1) is 24.9 Å². The number of rotatable bonds is 8. The van der Waals surface area contributed by atoms with E-state index in [-0.39, 0.29) is 23.0 Å². The second-order valence-corrected chi connectivity index (χ2v) is 7.46. The molecule has 0 fully saturated rings. The fourth-order valence-corrected chi connectivity index (χ4v) is 3.49. The molecule has 0 radical (unpaired) electrons. The Labute approximate surface area is 147 Å². The first-order chi connectivity index (χ1) is 12.0. The maximum atomic E-state index is 12.4. The molecule has 2 rings (SSSR count). The number of hydrogen-bond donors (Lipinski definition) is 1. The van der Waals surface area contributed by atoms with E-state index in [9.17, 15) is 13.2 Å². The Hall–Kier alpha value is -2.54. The standard InChI is InChI=1S/C18H21NO5S/c1-23-16-9-8-15(12-17(16)24-2)25(21,22)11-10-18(20)19-13-14-6-4-3-5-7-14/h3-9,12H,10-11,13H2,1-2H3,(H,19,20). The van der Waals surface area contributed by atoms with E-state index in [1.54, 1.807) is 0 Å². The fraction of sp³-hybridized carbons (Fsp3) is 0.278. The van der Waals surface area contributed by atoms with Crippen molar-refractivity contribution in [2.24, 2.45) is 0 Å². The molecule has 0 saturated heterocycles. The van der Waals surface area contributed by atoms with Gasteiger partial charge in [-0.15, -0.1) is 0 Å². The van der Waals surface area contributed by atoms with E-state index in [1.165, 1.54) is 32.4 Å². The van der Waals surface area contributed by atoms with Gasteiger partial charge < -0.3 is 14.8 Å². The quantitative estimate of drug-likeness (QED) is 0.777. The van der Waals surface area contributed by atoms with E-state index in [2.05, 4.69) is 5.32 Å². The van der Waals surface area contributed by atoms with Crippen LogP contribution in [0.15, 0.2) is 53.4 Å². The Balaban J connectivity index is 1.95.